The maximum absolute atomic E-state index is 12.1. The molecular weight excluding hydrogens is 214 g/mol. The molecule has 3 heteroatoms. The highest BCUT2D eigenvalue weighted by Crippen LogP contribution is 2.35. The maximum atomic E-state index is 12.1. The molecule has 0 saturated carbocycles. The summed E-state index contributed by atoms with van der Waals surface area (Å²) in [4.78, 5) is 0. The third kappa shape index (κ3) is 2.29. The van der Waals surface area contributed by atoms with Crippen molar-refractivity contribution in [2.45, 2.75) is 46.1 Å². The lowest BCUT2D eigenvalue weighted by molar-refractivity contribution is -0.620. The number of hydrogen-bond acceptors (Lipinski definition) is 2. The second-order valence-corrected chi connectivity index (χ2v) is 5.91. The van der Waals surface area contributed by atoms with Crippen LogP contribution in [0.2, 0.25) is 0 Å². The van der Waals surface area contributed by atoms with Gasteiger partial charge >= 0.3 is 0 Å². The van der Waals surface area contributed by atoms with E-state index in [1.807, 2.05) is 6.07 Å². The van der Waals surface area contributed by atoms with Crippen LogP contribution in [0.5, 0.6) is 0 Å². The molecule has 2 rings (SSSR count). The fourth-order valence-electron chi connectivity index (χ4n) is 2.67. The van der Waals surface area contributed by atoms with Gasteiger partial charge < -0.3 is 9.94 Å². The highest BCUT2D eigenvalue weighted by molar-refractivity contribution is 5.29. The van der Waals surface area contributed by atoms with Crippen molar-refractivity contribution in [1.29, 1.82) is 0 Å². The van der Waals surface area contributed by atoms with Crippen molar-refractivity contribution in [2.24, 2.45) is 5.41 Å². The molecule has 0 spiro atoms. The smallest absolute Gasteiger partial charge is 0.222 e. The van der Waals surface area contributed by atoms with Gasteiger partial charge in [0.25, 0.3) is 0 Å². The van der Waals surface area contributed by atoms with E-state index in [2.05, 4.69) is 20.8 Å². The zero-order chi connectivity index (χ0) is 12.6. The second kappa shape index (κ2) is 4.30. The van der Waals surface area contributed by atoms with E-state index in [4.69, 9.17) is 4.74 Å². The summed E-state index contributed by atoms with van der Waals surface area (Å²) in [5.41, 5.74) is 3.18. The van der Waals surface area contributed by atoms with Crippen molar-refractivity contribution in [2.75, 3.05) is 7.11 Å². The summed E-state index contributed by atoms with van der Waals surface area (Å²) in [6.07, 6.45) is 4.85. The molecule has 3 nitrogen and oxygen atoms in total. The minimum atomic E-state index is -0.161. The molecule has 0 fully saturated rings. The number of methoxy groups -OCH3 is 1. The van der Waals surface area contributed by atoms with Crippen LogP contribution in [0.1, 0.15) is 50.1 Å². The van der Waals surface area contributed by atoms with Crippen LogP contribution in [0.15, 0.2) is 12.3 Å². The predicted octanol–water partition coefficient (Wildman–Crippen LogP) is 2.54. The van der Waals surface area contributed by atoms with Crippen molar-refractivity contribution in [1.82, 2.24) is 0 Å². The first-order valence-electron chi connectivity index (χ1n) is 6.21. The number of aromatic nitrogens is 1. The number of pyridine rings is 1. The lowest BCUT2D eigenvalue weighted by Gasteiger charge is -2.28. The van der Waals surface area contributed by atoms with Crippen LogP contribution in [0.25, 0.3) is 0 Å². The average Bonchev–Trinajstić information content (AvgIpc) is 2.64. The maximum Gasteiger partial charge on any atom is 0.222 e. The number of hydrogen-bond donors (Lipinski definition) is 0. The summed E-state index contributed by atoms with van der Waals surface area (Å²) in [6.45, 7) is 6.27. The Labute approximate surface area is 103 Å². The largest absolute Gasteiger partial charge is 0.618 e. The molecule has 0 amide bonds. The zero-order valence-corrected chi connectivity index (χ0v) is 11.1. The summed E-state index contributed by atoms with van der Waals surface area (Å²) >= 11 is 0. The quantitative estimate of drug-likeness (QED) is 0.583. The molecule has 1 aliphatic carbocycles. The summed E-state index contributed by atoms with van der Waals surface area (Å²) < 4.78 is 6.51. The normalized spacial score (nSPS) is 16.9. The van der Waals surface area contributed by atoms with Gasteiger partial charge in [-0.15, -0.1) is 0 Å². The Hall–Kier alpha value is -1.09. The highest BCUT2D eigenvalue weighted by Gasteiger charge is 2.33. The molecule has 0 unspecified atom stereocenters. The van der Waals surface area contributed by atoms with E-state index < -0.39 is 0 Å². The number of rotatable bonds is 2. The molecule has 1 heterocycles. The van der Waals surface area contributed by atoms with Gasteiger partial charge in [-0.05, 0) is 30.2 Å². The third-order valence-corrected chi connectivity index (χ3v) is 3.45. The minimum Gasteiger partial charge on any atom is -0.618 e. The first-order chi connectivity index (χ1) is 7.93. The van der Waals surface area contributed by atoms with Crippen molar-refractivity contribution in [3.8, 4) is 0 Å². The number of fused-ring (bicyclic) bond motifs is 1. The average molecular weight is 235 g/mol. The van der Waals surface area contributed by atoms with Gasteiger partial charge in [-0.1, -0.05) is 20.8 Å². The van der Waals surface area contributed by atoms with Crippen LogP contribution < -0.4 is 4.73 Å². The van der Waals surface area contributed by atoms with E-state index in [1.165, 1.54) is 11.1 Å². The second-order valence-electron chi connectivity index (χ2n) is 5.91. The predicted molar refractivity (Wildman–Crippen MR) is 66.6 cm³/mol. The summed E-state index contributed by atoms with van der Waals surface area (Å²) in [5, 5.41) is 12.1. The van der Waals surface area contributed by atoms with Gasteiger partial charge in [-0.3, -0.25) is 0 Å². The van der Waals surface area contributed by atoms with Crippen LogP contribution in [0.4, 0.5) is 0 Å². The fourth-order valence-corrected chi connectivity index (χ4v) is 2.67. The first kappa shape index (κ1) is 12.4. The Morgan fingerprint density at radius 2 is 1.94 bits per heavy atom. The van der Waals surface area contributed by atoms with Crippen LogP contribution in [-0.2, 0) is 17.6 Å². The number of nitrogens with zero attached hydrogens (tertiary/aromatic N) is 1. The highest BCUT2D eigenvalue weighted by atomic mass is 16.5. The Morgan fingerprint density at radius 3 is 2.53 bits per heavy atom. The SMILES string of the molecule is CO[C@H](c1cc2c(c[n+]1[O-])CCC2)C(C)(C)C. The monoisotopic (exact) mass is 235 g/mol. The molecule has 0 aliphatic heterocycles. The molecule has 1 aromatic heterocycles. The molecule has 1 atom stereocenters. The van der Waals surface area contributed by atoms with Crippen molar-refractivity contribution < 1.29 is 9.47 Å². The van der Waals surface area contributed by atoms with E-state index in [0.29, 0.717) is 0 Å². The molecule has 1 aromatic rings. The Morgan fingerprint density at radius 1 is 1.29 bits per heavy atom. The molecule has 17 heavy (non-hydrogen) atoms. The summed E-state index contributed by atoms with van der Waals surface area (Å²) in [5.74, 6) is 0. The lowest BCUT2D eigenvalue weighted by Crippen LogP contribution is -2.38. The Kier molecular flexibility index (Phi) is 3.13. The molecule has 94 valence electrons. The molecule has 0 aromatic carbocycles. The van der Waals surface area contributed by atoms with Gasteiger partial charge in [0.15, 0.2) is 6.20 Å². The zero-order valence-electron chi connectivity index (χ0n) is 11.1. The standard InChI is InChI=1S/C14H21NO2/c1-14(2,3)13(17-4)12-8-10-6-5-7-11(10)9-15(12)16/h8-9,13H,5-7H2,1-4H3/t13-/m1/s1. The van der Waals surface area contributed by atoms with Gasteiger partial charge in [-0.2, -0.15) is 4.73 Å². The van der Waals surface area contributed by atoms with Crippen molar-refractivity contribution >= 4 is 0 Å². The fraction of sp³-hybridized carbons (Fsp3) is 0.643. The third-order valence-electron chi connectivity index (χ3n) is 3.45. The topological polar surface area (TPSA) is 36.2 Å². The van der Waals surface area contributed by atoms with Crippen LogP contribution in [0, 0.1) is 10.6 Å². The lowest BCUT2D eigenvalue weighted by atomic mass is 9.86. The Balaban J connectivity index is 2.44. The van der Waals surface area contributed by atoms with E-state index >= 15 is 0 Å². The number of aryl methyl sites for hydroxylation is 2. The molecule has 1 aliphatic rings. The minimum absolute atomic E-state index is 0.0756. The van der Waals surface area contributed by atoms with Crippen LogP contribution in [-0.4, -0.2) is 7.11 Å². The van der Waals surface area contributed by atoms with Gasteiger partial charge in [-0.25, -0.2) is 0 Å². The van der Waals surface area contributed by atoms with Crippen molar-refractivity contribution in [3.63, 3.8) is 0 Å². The number of ether oxygens (including phenoxy) is 1. The van der Waals surface area contributed by atoms with Crippen molar-refractivity contribution in [3.05, 3.63) is 34.3 Å². The molecule has 0 saturated heterocycles. The van der Waals surface area contributed by atoms with Crippen LogP contribution >= 0.6 is 0 Å². The van der Waals surface area contributed by atoms with Gasteiger partial charge in [0.2, 0.25) is 5.69 Å². The van der Waals surface area contributed by atoms with E-state index in [0.717, 1.165) is 29.7 Å². The molecule has 0 bridgehead atoms. The van der Waals surface area contributed by atoms with Gasteiger partial charge in [0.05, 0.1) is 0 Å². The van der Waals surface area contributed by atoms with E-state index in [-0.39, 0.29) is 11.5 Å². The first-order valence-corrected chi connectivity index (χ1v) is 6.21. The van der Waals surface area contributed by atoms with Gasteiger partial charge in [0, 0.05) is 18.7 Å². The summed E-state index contributed by atoms with van der Waals surface area (Å²) in [6, 6.07) is 2.04. The van der Waals surface area contributed by atoms with Gasteiger partial charge in [0.1, 0.15) is 6.10 Å². The molecule has 0 radical (unpaired) electrons. The molecular formula is C14H21NO2. The Bertz CT molecular complexity index is 421. The molecule has 0 N–H and O–H groups in total. The van der Waals surface area contributed by atoms with E-state index in [1.54, 1.807) is 13.3 Å². The van der Waals surface area contributed by atoms with E-state index in [9.17, 15) is 5.21 Å². The van der Waals surface area contributed by atoms with Crippen LogP contribution in [0.3, 0.4) is 0 Å². The summed E-state index contributed by atoms with van der Waals surface area (Å²) in [7, 11) is 1.67.